The SMILES string of the molecule is CCOC(=O)COc1c(C)ccc(O)c1O. The lowest BCUT2D eigenvalue weighted by atomic mass is 10.2. The second-order valence-corrected chi connectivity index (χ2v) is 3.17. The molecule has 1 aromatic rings. The minimum atomic E-state index is -0.523. The highest BCUT2D eigenvalue weighted by atomic mass is 16.6. The Hall–Kier alpha value is -1.91. The molecule has 0 aromatic heterocycles. The summed E-state index contributed by atoms with van der Waals surface area (Å²) in [6.07, 6.45) is 0. The standard InChI is InChI=1S/C11H14O5/c1-3-15-9(13)6-16-11-7(2)4-5-8(12)10(11)14/h4-5,12,14H,3,6H2,1-2H3. The van der Waals surface area contributed by atoms with Crippen molar-refractivity contribution < 1.29 is 24.5 Å². The molecular formula is C11H14O5. The van der Waals surface area contributed by atoms with Gasteiger partial charge in [-0.1, -0.05) is 6.07 Å². The fourth-order valence-electron chi connectivity index (χ4n) is 1.18. The van der Waals surface area contributed by atoms with Crippen LogP contribution in [-0.4, -0.2) is 29.4 Å². The summed E-state index contributed by atoms with van der Waals surface area (Å²) in [6.45, 7) is 3.35. The zero-order chi connectivity index (χ0) is 12.1. The minimum absolute atomic E-state index is 0.0908. The maximum Gasteiger partial charge on any atom is 0.344 e. The van der Waals surface area contributed by atoms with Crippen LogP contribution in [0.15, 0.2) is 12.1 Å². The van der Waals surface area contributed by atoms with E-state index in [1.807, 2.05) is 0 Å². The van der Waals surface area contributed by atoms with Crippen molar-refractivity contribution in [2.45, 2.75) is 13.8 Å². The average Bonchev–Trinajstić information content (AvgIpc) is 2.24. The predicted octanol–water partition coefficient (Wildman–Crippen LogP) is 1.35. The van der Waals surface area contributed by atoms with Crippen molar-refractivity contribution >= 4 is 5.97 Å². The minimum Gasteiger partial charge on any atom is -0.504 e. The van der Waals surface area contributed by atoms with Crippen LogP contribution in [0.1, 0.15) is 12.5 Å². The third-order valence-corrected chi connectivity index (χ3v) is 1.95. The van der Waals surface area contributed by atoms with E-state index in [1.54, 1.807) is 19.9 Å². The Balaban J connectivity index is 2.74. The van der Waals surface area contributed by atoms with Crippen LogP contribution in [0.2, 0.25) is 0 Å². The molecule has 1 rings (SSSR count). The van der Waals surface area contributed by atoms with Crippen LogP contribution in [0, 0.1) is 6.92 Å². The highest BCUT2D eigenvalue weighted by molar-refractivity contribution is 5.71. The number of hydrogen-bond donors (Lipinski definition) is 2. The van der Waals surface area contributed by atoms with Crippen LogP contribution in [-0.2, 0) is 9.53 Å². The third-order valence-electron chi connectivity index (χ3n) is 1.95. The molecule has 0 atom stereocenters. The van der Waals surface area contributed by atoms with E-state index in [2.05, 4.69) is 4.74 Å². The van der Waals surface area contributed by atoms with Crippen molar-refractivity contribution in [3.8, 4) is 17.2 Å². The summed E-state index contributed by atoms with van der Waals surface area (Å²) >= 11 is 0. The van der Waals surface area contributed by atoms with Gasteiger partial charge in [0.15, 0.2) is 18.1 Å². The van der Waals surface area contributed by atoms with Gasteiger partial charge >= 0.3 is 5.97 Å². The first-order valence-corrected chi connectivity index (χ1v) is 4.86. The monoisotopic (exact) mass is 226 g/mol. The Morgan fingerprint density at radius 1 is 1.38 bits per heavy atom. The van der Waals surface area contributed by atoms with E-state index in [9.17, 15) is 15.0 Å². The van der Waals surface area contributed by atoms with Crippen LogP contribution in [0.4, 0.5) is 0 Å². The molecule has 0 aliphatic heterocycles. The molecule has 0 aliphatic carbocycles. The Kier molecular flexibility index (Phi) is 3.99. The molecule has 0 bridgehead atoms. The molecule has 16 heavy (non-hydrogen) atoms. The highest BCUT2D eigenvalue weighted by Gasteiger charge is 2.12. The van der Waals surface area contributed by atoms with E-state index in [0.29, 0.717) is 5.56 Å². The van der Waals surface area contributed by atoms with Gasteiger partial charge < -0.3 is 19.7 Å². The zero-order valence-electron chi connectivity index (χ0n) is 9.19. The van der Waals surface area contributed by atoms with Gasteiger partial charge in [0.05, 0.1) is 6.61 Å². The quantitative estimate of drug-likeness (QED) is 0.598. The van der Waals surface area contributed by atoms with Gasteiger partial charge in [-0.25, -0.2) is 4.79 Å². The molecule has 0 saturated heterocycles. The van der Waals surface area contributed by atoms with Crippen molar-refractivity contribution in [3.05, 3.63) is 17.7 Å². The topological polar surface area (TPSA) is 76.0 Å². The van der Waals surface area contributed by atoms with Gasteiger partial charge in [-0.3, -0.25) is 0 Å². The lowest BCUT2D eigenvalue weighted by Gasteiger charge is -2.10. The first-order chi connectivity index (χ1) is 7.56. The number of rotatable bonds is 4. The van der Waals surface area contributed by atoms with Gasteiger partial charge in [0, 0.05) is 0 Å². The number of carbonyl (C=O) groups is 1. The molecule has 1 aromatic carbocycles. The molecule has 0 aliphatic rings. The van der Waals surface area contributed by atoms with Crippen LogP contribution >= 0.6 is 0 Å². The van der Waals surface area contributed by atoms with Gasteiger partial charge in [-0.2, -0.15) is 0 Å². The molecule has 0 unspecified atom stereocenters. The van der Waals surface area contributed by atoms with E-state index in [4.69, 9.17) is 4.74 Å². The van der Waals surface area contributed by atoms with E-state index in [-0.39, 0.29) is 30.5 Å². The normalized spacial score (nSPS) is 9.88. The summed E-state index contributed by atoms with van der Waals surface area (Å²) < 4.78 is 9.74. The Morgan fingerprint density at radius 3 is 2.69 bits per heavy atom. The smallest absolute Gasteiger partial charge is 0.344 e. The summed E-state index contributed by atoms with van der Waals surface area (Å²) in [5, 5.41) is 18.7. The number of phenols is 2. The summed E-state index contributed by atoms with van der Waals surface area (Å²) in [4.78, 5) is 11.0. The number of ether oxygens (including phenoxy) is 2. The van der Waals surface area contributed by atoms with Gasteiger partial charge in [0.25, 0.3) is 0 Å². The molecule has 0 spiro atoms. The van der Waals surface area contributed by atoms with Gasteiger partial charge in [0.2, 0.25) is 5.75 Å². The second kappa shape index (κ2) is 5.25. The molecule has 0 amide bonds. The summed E-state index contributed by atoms with van der Waals surface area (Å²) in [7, 11) is 0. The molecular weight excluding hydrogens is 212 g/mol. The summed E-state index contributed by atoms with van der Waals surface area (Å²) in [6, 6.07) is 2.93. The first kappa shape index (κ1) is 12.2. The maximum absolute atomic E-state index is 11.0. The largest absolute Gasteiger partial charge is 0.504 e. The summed E-state index contributed by atoms with van der Waals surface area (Å²) in [5.74, 6) is -1.09. The van der Waals surface area contributed by atoms with Crippen LogP contribution in [0.5, 0.6) is 17.2 Å². The lowest BCUT2D eigenvalue weighted by molar-refractivity contribution is -0.145. The van der Waals surface area contributed by atoms with Crippen molar-refractivity contribution in [1.82, 2.24) is 0 Å². The number of esters is 1. The molecule has 88 valence electrons. The third kappa shape index (κ3) is 2.79. The molecule has 0 heterocycles. The van der Waals surface area contributed by atoms with Gasteiger partial charge in [-0.15, -0.1) is 0 Å². The molecule has 5 nitrogen and oxygen atoms in total. The van der Waals surface area contributed by atoms with E-state index >= 15 is 0 Å². The zero-order valence-corrected chi connectivity index (χ0v) is 9.19. The molecule has 0 radical (unpaired) electrons. The lowest BCUT2D eigenvalue weighted by Crippen LogP contribution is -2.15. The van der Waals surface area contributed by atoms with Crippen LogP contribution < -0.4 is 4.74 Å². The van der Waals surface area contributed by atoms with Crippen LogP contribution in [0.25, 0.3) is 0 Å². The number of carbonyl (C=O) groups excluding carboxylic acids is 1. The Labute approximate surface area is 93.2 Å². The van der Waals surface area contributed by atoms with Crippen LogP contribution in [0.3, 0.4) is 0 Å². The highest BCUT2D eigenvalue weighted by Crippen LogP contribution is 2.37. The number of benzene rings is 1. The van der Waals surface area contributed by atoms with E-state index in [1.165, 1.54) is 6.07 Å². The summed E-state index contributed by atoms with van der Waals surface area (Å²) in [5.41, 5.74) is 0.625. The molecule has 0 saturated carbocycles. The Morgan fingerprint density at radius 2 is 2.06 bits per heavy atom. The van der Waals surface area contributed by atoms with Crippen molar-refractivity contribution in [3.63, 3.8) is 0 Å². The van der Waals surface area contributed by atoms with Crippen molar-refractivity contribution in [2.24, 2.45) is 0 Å². The Bertz CT molecular complexity index is 386. The number of hydrogen-bond acceptors (Lipinski definition) is 5. The first-order valence-electron chi connectivity index (χ1n) is 4.86. The maximum atomic E-state index is 11.0. The van der Waals surface area contributed by atoms with Crippen molar-refractivity contribution in [1.29, 1.82) is 0 Å². The fourth-order valence-corrected chi connectivity index (χ4v) is 1.18. The number of aromatic hydroxyl groups is 2. The average molecular weight is 226 g/mol. The molecule has 0 fully saturated rings. The van der Waals surface area contributed by atoms with E-state index < -0.39 is 5.97 Å². The fraction of sp³-hybridized carbons (Fsp3) is 0.364. The number of phenolic OH excluding ortho intramolecular Hbond substituents is 2. The van der Waals surface area contributed by atoms with Crippen molar-refractivity contribution in [2.75, 3.05) is 13.2 Å². The van der Waals surface area contributed by atoms with Gasteiger partial charge in [0.1, 0.15) is 0 Å². The molecule has 5 heteroatoms. The number of aryl methyl sites for hydroxylation is 1. The predicted molar refractivity (Wildman–Crippen MR) is 56.6 cm³/mol. The van der Waals surface area contributed by atoms with Gasteiger partial charge in [-0.05, 0) is 25.5 Å². The van der Waals surface area contributed by atoms with E-state index in [0.717, 1.165) is 0 Å². The molecule has 2 N–H and O–H groups in total. The second-order valence-electron chi connectivity index (χ2n) is 3.17.